The van der Waals surface area contributed by atoms with E-state index in [9.17, 15) is 0 Å². The number of aryl methyl sites for hydroxylation is 1. The van der Waals surface area contributed by atoms with Crippen molar-refractivity contribution in [3.8, 4) is 27.9 Å². The maximum absolute atomic E-state index is 2.37. The number of benzene rings is 8. The zero-order valence-corrected chi connectivity index (χ0v) is 28.8. The molecule has 10 aromatic rings. The van der Waals surface area contributed by atoms with Crippen LogP contribution in [0.3, 0.4) is 0 Å². The zero-order valence-electron chi connectivity index (χ0n) is 28.8. The van der Waals surface area contributed by atoms with E-state index in [0.29, 0.717) is 0 Å². The maximum Gasteiger partial charge on any atom is 0.0541 e. The third-order valence-electron chi connectivity index (χ3n) is 10.5. The summed E-state index contributed by atoms with van der Waals surface area (Å²) in [7, 11) is 2.17. The molecule has 10 rings (SSSR count). The topological polar surface area (TPSA) is 13.1 Å². The van der Waals surface area contributed by atoms with Crippen LogP contribution in [-0.4, -0.2) is 9.13 Å². The second-order valence-electron chi connectivity index (χ2n) is 13.5. The fourth-order valence-electron chi connectivity index (χ4n) is 7.99. The molecule has 2 heterocycles. The molecule has 0 saturated heterocycles. The average Bonchev–Trinajstić information content (AvgIpc) is 3.70. The van der Waals surface area contributed by atoms with Crippen molar-refractivity contribution < 1.29 is 0 Å². The van der Waals surface area contributed by atoms with Crippen LogP contribution in [0, 0.1) is 0 Å². The molecule has 52 heavy (non-hydrogen) atoms. The number of aromatic nitrogens is 2. The highest BCUT2D eigenvalue weighted by Gasteiger charge is 2.16. The van der Waals surface area contributed by atoms with Gasteiger partial charge in [-0.1, -0.05) is 103 Å². The zero-order chi connectivity index (χ0) is 34.6. The van der Waals surface area contributed by atoms with Crippen LogP contribution in [0.25, 0.3) is 71.6 Å². The van der Waals surface area contributed by atoms with Gasteiger partial charge in [-0.25, -0.2) is 0 Å². The highest BCUT2D eigenvalue weighted by Crippen LogP contribution is 2.39. The van der Waals surface area contributed by atoms with Crippen LogP contribution < -0.4 is 4.90 Å². The molecule has 0 aliphatic carbocycles. The number of fused-ring (bicyclic) bond motifs is 6. The molecule has 0 atom stereocenters. The molecule has 0 bridgehead atoms. The molecule has 246 valence electrons. The summed E-state index contributed by atoms with van der Waals surface area (Å²) in [6, 6.07) is 70.1. The molecule has 3 nitrogen and oxygen atoms in total. The van der Waals surface area contributed by atoms with Crippen molar-refractivity contribution >= 4 is 60.7 Å². The van der Waals surface area contributed by atoms with E-state index < -0.39 is 0 Å². The summed E-state index contributed by atoms with van der Waals surface area (Å²) in [4.78, 5) is 2.30. The number of hydrogen-bond acceptors (Lipinski definition) is 1. The van der Waals surface area contributed by atoms with Crippen molar-refractivity contribution in [2.75, 3.05) is 4.90 Å². The van der Waals surface area contributed by atoms with E-state index in [-0.39, 0.29) is 0 Å². The van der Waals surface area contributed by atoms with Crippen molar-refractivity contribution in [2.45, 2.75) is 0 Å². The van der Waals surface area contributed by atoms with Crippen LogP contribution >= 0.6 is 0 Å². The molecule has 0 amide bonds. The summed E-state index contributed by atoms with van der Waals surface area (Å²) in [6.45, 7) is 0. The quantitative estimate of drug-likeness (QED) is 0.172. The van der Waals surface area contributed by atoms with Gasteiger partial charge in [-0.3, -0.25) is 0 Å². The molecule has 0 radical (unpaired) electrons. The smallest absolute Gasteiger partial charge is 0.0541 e. The first-order valence-corrected chi connectivity index (χ1v) is 17.8. The van der Waals surface area contributed by atoms with Crippen molar-refractivity contribution in [3.63, 3.8) is 0 Å². The first-order valence-electron chi connectivity index (χ1n) is 17.8. The molecule has 0 aliphatic heterocycles. The van der Waals surface area contributed by atoms with E-state index in [1.807, 2.05) is 0 Å². The third-order valence-corrected chi connectivity index (χ3v) is 10.5. The summed E-state index contributed by atoms with van der Waals surface area (Å²) in [6.07, 6.45) is 0. The van der Waals surface area contributed by atoms with E-state index in [2.05, 4.69) is 215 Å². The highest BCUT2D eigenvalue weighted by molar-refractivity contribution is 6.12. The maximum atomic E-state index is 2.37. The van der Waals surface area contributed by atoms with Gasteiger partial charge in [-0.05, 0) is 113 Å². The average molecular weight is 666 g/mol. The van der Waals surface area contributed by atoms with E-state index in [4.69, 9.17) is 0 Å². The Morgan fingerprint density at radius 3 is 1.31 bits per heavy atom. The predicted octanol–water partition coefficient (Wildman–Crippen LogP) is 13.2. The van der Waals surface area contributed by atoms with Crippen LogP contribution in [0.15, 0.2) is 194 Å². The fourth-order valence-corrected chi connectivity index (χ4v) is 7.99. The molecule has 0 saturated carbocycles. The fraction of sp³-hybridized carbons (Fsp3) is 0.0204. The number of rotatable bonds is 6. The molecule has 0 spiro atoms. The Balaban J connectivity index is 1.05. The molecule has 3 heteroatoms. The Kier molecular flexibility index (Phi) is 7.04. The van der Waals surface area contributed by atoms with Crippen molar-refractivity contribution in [3.05, 3.63) is 194 Å². The largest absolute Gasteiger partial charge is 0.344 e. The summed E-state index contributed by atoms with van der Waals surface area (Å²) < 4.78 is 4.69. The summed E-state index contributed by atoms with van der Waals surface area (Å²) in [5.41, 5.74) is 14.3. The minimum atomic E-state index is 1.13. The molecule has 0 aliphatic rings. The predicted molar refractivity (Wildman–Crippen MR) is 220 cm³/mol. The molecule has 0 unspecified atom stereocenters. The van der Waals surface area contributed by atoms with Crippen molar-refractivity contribution in [1.82, 2.24) is 9.13 Å². The standard InChI is InChI=1S/C49H35N3/c1-50-46-28-23-35(34-21-26-41(27-22-34)51(38-13-5-2-6-14-38)39-15-7-3-8-16-39)31-44(46)45-33-36(24-29-47(45)50)37-25-30-49-43(32-37)42-19-11-12-20-48(42)52(49)40-17-9-4-10-18-40/h2-33H,1H3. The number of nitrogens with zero attached hydrogens (tertiary/aromatic N) is 3. The molecule has 0 fully saturated rings. The van der Waals surface area contributed by atoms with E-state index in [1.165, 1.54) is 71.6 Å². The Labute approximate surface area is 302 Å². The number of hydrogen-bond donors (Lipinski definition) is 0. The second kappa shape index (κ2) is 12.2. The SMILES string of the molecule is Cn1c2ccc(-c3ccc(N(c4ccccc4)c4ccccc4)cc3)cc2c2cc(-c3ccc4c(c3)c3ccccc3n4-c3ccccc3)ccc21. The van der Waals surface area contributed by atoms with Gasteiger partial charge in [0.15, 0.2) is 0 Å². The molecule has 8 aromatic carbocycles. The van der Waals surface area contributed by atoms with Crippen LogP contribution in [-0.2, 0) is 7.05 Å². The molecule has 2 aromatic heterocycles. The van der Waals surface area contributed by atoms with Gasteiger partial charge in [0.25, 0.3) is 0 Å². The lowest BCUT2D eigenvalue weighted by atomic mass is 9.99. The Morgan fingerprint density at radius 2 is 0.731 bits per heavy atom. The lowest BCUT2D eigenvalue weighted by Crippen LogP contribution is -2.09. The second-order valence-corrected chi connectivity index (χ2v) is 13.5. The molecular formula is C49H35N3. The Bertz CT molecular complexity index is 2840. The van der Waals surface area contributed by atoms with Crippen molar-refractivity contribution in [1.29, 1.82) is 0 Å². The van der Waals surface area contributed by atoms with Gasteiger partial charge in [-0.2, -0.15) is 0 Å². The van der Waals surface area contributed by atoms with Gasteiger partial charge in [0.2, 0.25) is 0 Å². The summed E-state index contributed by atoms with van der Waals surface area (Å²) >= 11 is 0. The molecule has 0 N–H and O–H groups in total. The highest BCUT2D eigenvalue weighted by atomic mass is 15.1. The first-order chi connectivity index (χ1) is 25.7. The van der Waals surface area contributed by atoms with Crippen LogP contribution in [0.1, 0.15) is 0 Å². The minimum Gasteiger partial charge on any atom is -0.344 e. The summed E-state index contributed by atoms with van der Waals surface area (Å²) in [5, 5.41) is 5.05. The van der Waals surface area contributed by atoms with Gasteiger partial charge in [0.1, 0.15) is 0 Å². The number of para-hydroxylation sites is 4. The van der Waals surface area contributed by atoms with Gasteiger partial charge in [-0.15, -0.1) is 0 Å². The first kappa shape index (κ1) is 30.0. The van der Waals surface area contributed by atoms with Crippen LogP contribution in [0.2, 0.25) is 0 Å². The van der Waals surface area contributed by atoms with Crippen molar-refractivity contribution in [2.24, 2.45) is 7.05 Å². The minimum absolute atomic E-state index is 1.13. The van der Waals surface area contributed by atoms with Gasteiger partial charge >= 0.3 is 0 Å². The van der Waals surface area contributed by atoms with E-state index >= 15 is 0 Å². The van der Waals surface area contributed by atoms with Crippen LogP contribution in [0.4, 0.5) is 17.1 Å². The van der Waals surface area contributed by atoms with E-state index in [0.717, 1.165) is 17.1 Å². The molecular weight excluding hydrogens is 631 g/mol. The summed E-state index contributed by atoms with van der Waals surface area (Å²) in [5.74, 6) is 0. The third kappa shape index (κ3) is 4.90. The Hall–Kier alpha value is -6.84. The van der Waals surface area contributed by atoms with Gasteiger partial charge in [0.05, 0.1) is 11.0 Å². The van der Waals surface area contributed by atoms with E-state index in [1.54, 1.807) is 0 Å². The number of anilines is 3. The van der Waals surface area contributed by atoms with Crippen LogP contribution in [0.5, 0.6) is 0 Å². The lowest BCUT2D eigenvalue weighted by molar-refractivity contribution is 1.01. The normalized spacial score (nSPS) is 11.6. The van der Waals surface area contributed by atoms with Gasteiger partial charge in [0, 0.05) is 62.4 Å². The lowest BCUT2D eigenvalue weighted by Gasteiger charge is -2.25. The van der Waals surface area contributed by atoms with Gasteiger partial charge < -0.3 is 14.0 Å². The monoisotopic (exact) mass is 665 g/mol. The Morgan fingerprint density at radius 1 is 0.327 bits per heavy atom.